The number of hydrazone groups is 1. The third-order valence-corrected chi connectivity index (χ3v) is 6.29. The molecule has 0 atom stereocenters. The van der Waals surface area contributed by atoms with Gasteiger partial charge in [0.15, 0.2) is 5.65 Å². The van der Waals surface area contributed by atoms with Gasteiger partial charge in [0.2, 0.25) is 0 Å². The molecule has 0 aliphatic carbocycles. The lowest BCUT2D eigenvalue weighted by Crippen LogP contribution is -2.07. The van der Waals surface area contributed by atoms with Crippen LogP contribution in [-0.4, -0.2) is 20.6 Å². The van der Waals surface area contributed by atoms with Gasteiger partial charge in [0, 0.05) is 10.9 Å². The van der Waals surface area contributed by atoms with E-state index >= 15 is 0 Å². The first-order valence-corrected chi connectivity index (χ1v) is 11.1. The number of nitrogens with zero attached hydrogens (tertiary/aromatic N) is 5. The van der Waals surface area contributed by atoms with Crippen molar-refractivity contribution >= 4 is 51.2 Å². The fourth-order valence-electron chi connectivity index (χ4n) is 4.33. The fraction of sp³-hybridized carbons (Fsp3) is 0.154. The summed E-state index contributed by atoms with van der Waals surface area (Å²) in [6.07, 6.45) is 2.41. The number of nitriles is 1. The minimum absolute atomic E-state index is 0.396. The first kappa shape index (κ1) is 20.9. The number of aryl methyl sites for hydroxylation is 1. The Bertz CT molecular complexity index is 1620. The SMILES string of the molecule is CCc1c(C)c(C#N)c2nc3ccccc3n2c1NN=Cc1cc2cccc(C)c2nc1Cl. The molecule has 0 unspecified atom stereocenters. The van der Waals surface area contributed by atoms with Crippen molar-refractivity contribution in [1.82, 2.24) is 14.4 Å². The molecule has 6 nitrogen and oxygen atoms in total. The fourth-order valence-corrected chi connectivity index (χ4v) is 4.52. The molecular weight excluding hydrogens is 432 g/mol. The van der Waals surface area contributed by atoms with Crippen LogP contribution in [0.3, 0.4) is 0 Å². The van der Waals surface area contributed by atoms with E-state index < -0.39 is 0 Å². The van der Waals surface area contributed by atoms with Crippen LogP contribution < -0.4 is 5.43 Å². The molecule has 0 fully saturated rings. The summed E-state index contributed by atoms with van der Waals surface area (Å²) in [5, 5.41) is 15.8. The number of hydrogen-bond donors (Lipinski definition) is 1. The summed E-state index contributed by atoms with van der Waals surface area (Å²) in [6.45, 7) is 6.04. The van der Waals surface area contributed by atoms with Crippen molar-refractivity contribution in [3.63, 3.8) is 0 Å². The quantitative estimate of drug-likeness (QED) is 0.200. The molecule has 0 radical (unpaired) electrons. The first-order valence-electron chi connectivity index (χ1n) is 10.7. The molecule has 0 aliphatic rings. The number of para-hydroxylation sites is 3. The normalized spacial score (nSPS) is 11.6. The number of aromatic nitrogens is 3. The van der Waals surface area contributed by atoms with Crippen LogP contribution in [0.2, 0.25) is 5.15 Å². The first-order chi connectivity index (χ1) is 16.0. The maximum absolute atomic E-state index is 9.84. The van der Waals surface area contributed by atoms with Crippen LogP contribution in [0.25, 0.3) is 27.6 Å². The Morgan fingerprint density at radius 3 is 2.76 bits per heavy atom. The average molecular weight is 453 g/mol. The predicted octanol–water partition coefficient (Wildman–Crippen LogP) is 6.19. The summed E-state index contributed by atoms with van der Waals surface area (Å²) < 4.78 is 1.97. The number of rotatable bonds is 4. The third kappa shape index (κ3) is 3.38. The van der Waals surface area contributed by atoms with E-state index in [1.165, 1.54) is 0 Å². The molecule has 0 bridgehead atoms. The van der Waals surface area contributed by atoms with Gasteiger partial charge in [-0.05, 0) is 55.2 Å². The number of benzene rings is 2. The number of anilines is 1. The maximum Gasteiger partial charge on any atom is 0.157 e. The lowest BCUT2D eigenvalue weighted by Gasteiger charge is -2.15. The van der Waals surface area contributed by atoms with Crippen molar-refractivity contribution in [3.05, 3.63) is 81.5 Å². The van der Waals surface area contributed by atoms with Crippen molar-refractivity contribution < 1.29 is 0 Å². The number of imidazole rings is 1. The van der Waals surface area contributed by atoms with Crippen LogP contribution in [0.4, 0.5) is 5.82 Å². The van der Waals surface area contributed by atoms with Gasteiger partial charge >= 0.3 is 0 Å². The summed E-state index contributed by atoms with van der Waals surface area (Å²) in [5.74, 6) is 0.787. The van der Waals surface area contributed by atoms with Gasteiger partial charge in [-0.3, -0.25) is 9.83 Å². The third-order valence-electron chi connectivity index (χ3n) is 5.99. The Kier molecular flexibility index (Phi) is 5.20. The second kappa shape index (κ2) is 8.19. The minimum atomic E-state index is 0.396. The lowest BCUT2D eigenvalue weighted by molar-refractivity contribution is 1.04. The Labute approximate surface area is 196 Å². The summed E-state index contributed by atoms with van der Waals surface area (Å²) >= 11 is 6.45. The molecule has 7 heteroatoms. The molecule has 0 spiro atoms. The largest absolute Gasteiger partial charge is 0.276 e. The van der Waals surface area contributed by atoms with Crippen LogP contribution in [0.5, 0.6) is 0 Å². The van der Waals surface area contributed by atoms with E-state index in [2.05, 4.69) is 28.5 Å². The Morgan fingerprint density at radius 1 is 1.15 bits per heavy atom. The summed E-state index contributed by atoms with van der Waals surface area (Å²) in [4.78, 5) is 9.27. The van der Waals surface area contributed by atoms with Crippen LogP contribution in [0, 0.1) is 25.2 Å². The van der Waals surface area contributed by atoms with E-state index in [-0.39, 0.29) is 0 Å². The van der Waals surface area contributed by atoms with Gasteiger partial charge in [0.05, 0.1) is 28.3 Å². The molecule has 2 aromatic carbocycles. The van der Waals surface area contributed by atoms with Gasteiger partial charge in [0.25, 0.3) is 0 Å². The second-order valence-corrected chi connectivity index (χ2v) is 8.30. The van der Waals surface area contributed by atoms with Gasteiger partial charge in [-0.2, -0.15) is 10.4 Å². The van der Waals surface area contributed by atoms with Gasteiger partial charge < -0.3 is 0 Å². The maximum atomic E-state index is 9.84. The highest BCUT2D eigenvalue weighted by molar-refractivity contribution is 6.32. The number of pyridine rings is 2. The van der Waals surface area contributed by atoms with Gasteiger partial charge in [-0.25, -0.2) is 9.97 Å². The Hall–Kier alpha value is -3.95. The van der Waals surface area contributed by atoms with E-state index in [0.717, 1.165) is 56.4 Å². The second-order valence-electron chi connectivity index (χ2n) is 7.94. The van der Waals surface area contributed by atoms with E-state index in [9.17, 15) is 5.26 Å². The number of nitrogens with one attached hydrogen (secondary N) is 1. The van der Waals surface area contributed by atoms with Gasteiger partial charge in [-0.15, -0.1) is 0 Å². The van der Waals surface area contributed by atoms with E-state index in [1.807, 2.05) is 66.8 Å². The van der Waals surface area contributed by atoms with E-state index in [0.29, 0.717) is 16.4 Å². The molecule has 0 aliphatic heterocycles. The zero-order valence-corrected chi connectivity index (χ0v) is 19.3. The standard InChI is InChI=1S/C26H21ClN6/c1-4-19-16(3)20(13-28)25-30-21-10-5-6-11-22(21)33(25)26(19)32-29-14-18-12-17-9-7-8-15(2)23(17)31-24(18)27/h5-12,14,32H,4H2,1-3H3. The van der Waals surface area contributed by atoms with Gasteiger partial charge in [-0.1, -0.05) is 48.9 Å². The highest BCUT2D eigenvalue weighted by Gasteiger charge is 2.19. The molecule has 1 N–H and O–H groups in total. The van der Waals surface area contributed by atoms with Crippen LogP contribution in [-0.2, 0) is 6.42 Å². The van der Waals surface area contributed by atoms with Crippen molar-refractivity contribution in [1.29, 1.82) is 5.26 Å². The molecule has 3 aromatic heterocycles. The summed E-state index contributed by atoms with van der Waals surface area (Å²) in [5.41, 5.74) is 10.7. The molecule has 5 rings (SSSR count). The molecule has 33 heavy (non-hydrogen) atoms. The minimum Gasteiger partial charge on any atom is -0.276 e. The van der Waals surface area contributed by atoms with E-state index in [1.54, 1.807) is 6.21 Å². The Balaban J connectivity index is 1.65. The van der Waals surface area contributed by atoms with Crippen molar-refractivity contribution in [2.75, 3.05) is 5.43 Å². The monoisotopic (exact) mass is 452 g/mol. The molecular formula is C26H21ClN6. The van der Waals surface area contributed by atoms with E-state index in [4.69, 9.17) is 16.6 Å². The summed E-state index contributed by atoms with van der Waals surface area (Å²) in [6, 6.07) is 18.2. The molecule has 162 valence electrons. The number of halogens is 1. The zero-order chi connectivity index (χ0) is 23.1. The van der Waals surface area contributed by atoms with Crippen molar-refractivity contribution in [3.8, 4) is 6.07 Å². The Morgan fingerprint density at radius 2 is 1.97 bits per heavy atom. The molecule has 5 aromatic rings. The van der Waals surface area contributed by atoms with Crippen LogP contribution >= 0.6 is 11.6 Å². The highest BCUT2D eigenvalue weighted by Crippen LogP contribution is 2.31. The van der Waals surface area contributed by atoms with Crippen molar-refractivity contribution in [2.24, 2.45) is 5.10 Å². The average Bonchev–Trinajstić information content (AvgIpc) is 3.19. The molecule has 0 saturated heterocycles. The highest BCUT2D eigenvalue weighted by atomic mass is 35.5. The molecule has 3 heterocycles. The predicted molar refractivity (Wildman–Crippen MR) is 134 cm³/mol. The zero-order valence-electron chi connectivity index (χ0n) is 18.5. The lowest BCUT2D eigenvalue weighted by atomic mass is 10.0. The summed E-state index contributed by atoms with van der Waals surface area (Å²) in [7, 11) is 0. The topological polar surface area (TPSA) is 78.4 Å². The van der Waals surface area contributed by atoms with Gasteiger partial charge in [0.1, 0.15) is 17.0 Å². The number of hydrogen-bond acceptors (Lipinski definition) is 5. The molecule has 0 saturated carbocycles. The van der Waals surface area contributed by atoms with Crippen molar-refractivity contribution in [2.45, 2.75) is 27.2 Å². The molecule has 0 amide bonds. The van der Waals surface area contributed by atoms with Crippen LogP contribution in [0.15, 0.2) is 53.6 Å². The smallest absolute Gasteiger partial charge is 0.157 e. The number of fused-ring (bicyclic) bond motifs is 4. The van der Waals surface area contributed by atoms with Crippen LogP contribution in [0.1, 0.15) is 34.7 Å².